The minimum atomic E-state index is -0.645. The van der Waals surface area contributed by atoms with Crippen molar-refractivity contribution in [3.8, 4) is 0 Å². The van der Waals surface area contributed by atoms with Gasteiger partial charge in [0.05, 0.1) is 0 Å². The van der Waals surface area contributed by atoms with Gasteiger partial charge in [0.2, 0.25) is 0 Å². The summed E-state index contributed by atoms with van der Waals surface area (Å²) < 4.78 is 0. The molecule has 0 bridgehead atoms. The van der Waals surface area contributed by atoms with Gasteiger partial charge in [-0.25, -0.2) is 0 Å². The summed E-state index contributed by atoms with van der Waals surface area (Å²) in [5.41, 5.74) is 1.21. The van der Waals surface area contributed by atoms with Gasteiger partial charge >= 0.3 is 5.97 Å². The number of aliphatic carboxylic acids is 1. The van der Waals surface area contributed by atoms with Crippen LogP contribution in [0.1, 0.15) is 18.4 Å². The predicted molar refractivity (Wildman–Crippen MR) is 64.5 cm³/mol. The molecule has 0 radical (unpaired) electrons. The monoisotopic (exact) mass is 231 g/mol. The molecule has 1 aliphatic heterocycles. The Labute approximate surface area is 101 Å². The summed E-state index contributed by atoms with van der Waals surface area (Å²) in [5.74, 6) is 0.446. The molecule has 1 aromatic rings. The number of fused-ring (bicyclic) bond motifs is 1. The van der Waals surface area contributed by atoms with Crippen molar-refractivity contribution in [3.05, 3.63) is 35.9 Å². The first-order chi connectivity index (χ1) is 8.25. The molecule has 0 spiro atoms. The number of carboxylic acids is 1. The van der Waals surface area contributed by atoms with Crippen molar-refractivity contribution in [1.29, 1.82) is 0 Å². The summed E-state index contributed by atoms with van der Waals surface area (Å²) >= 11 is 0. The van der Waals surface area contributed by atoms with E-state index >= 15 is 0 Å². The maximum atomic E-state index is 11.4. The number of piperidine rings is 1. The van der Waals surface area contributed by atoms with Crippen LogP contribution in [0.4, 0.5) is 0 Å². The topological polar surface area (TPSA) is 40.5 Å². The Bertz CT molecular complexity index is 417. The molecule has 1 aliphatic carbocycles. The number of hydrogen-bond donors (Lipinski definition) is 1. The summed E-state index contributed by atoms with van der Waals surface area (Å²) in [7, 11) is 0. The van der Waals surface area contributed by atoms with E-state index in [-0.39, 0.29) is 6.04 Å². The first kappa shape index (κ1) is 10.8. The summed E-state index contributed by atoms with van der Waals surface area (Å²) in [6.07, 6.45) is 2.28. The number of nitrogens with zero attached hydrogens (tertiary/aromatic N) is 1. The van der Waals surface area contributed by atoms with Crippen LogP contribution >= 0.6 is 0 Å². The van der Waals surface area contributed by atoms with Gasteiger partial charge in [0.1, 0.15) is 6.04 Å². The second-order valence-electron chi connectivity index (χ2n) is 5.19. The van der Waals surface area contributed by atoms with Crippen LogP contribution in [0.15, 0.2) is 30.3 Å². The van der Waals surface area contributed by atoms with E-state index in [4.69, 9.17) is 0 Å². The molecule has 17 heavy (non-hydrogen) atoms. The van der Waals surface area contributed by atoms with Crippen LogP contribution < -0.4 is 0 Å². The van der Waals surface area contributed by atoms with Crippen molar-refractivity contribution in [2.24, 2.45) is 11.8 Å². The number of benzene rings is 1. The van der Waals surface area contributed by atoms with Gasteiger partial charge in [-0.1, -0.05) is 30.3 Å². The third kappa shape index (κ3) is 2.07. The molecule has 2 fully saturated rings. The van der Waals surface area contributed by atoms with Gasteiger partial charge in [0.25, 0.3) is 0 Å². The molecule has 1 N–H and O–H groups in total. The van der Waals surface area contributed by atoms with Crippen LogP contribution in [0, 0.1) is 11.8 Å². The molecule has 2 aliphatic rings. The van der Waals surface area contributed by atoms with E-state index in [1.807, 2.05) is 18.2 Å². The van der Waals surface area contributed by atoms with E-state index in [9.17, 15) is 9.90 Å². The molecule has 3 unspecified atom stereocenters. The lowest BCUT2D eigenvalue weighted by Crippen LogP contribution is -2.45. The highest BCUT2D eigenvalue weighted by molar-refractivity contribution is 5.74. The lowest BCUT2D eigenvalue weighted by atomic mass is 10.0. The molecular formula is C14H17NO2. The first-order valence-electron chi connectivity index (χ1n) is 6.26. The molecule has 1 saturated carbocycles. The largest absolute Gasteiger partial charge is 0.480 e. The van der Waals surface area contributed by atoms with Gasteiger partial charge < -0.3 is 5.11 Å². The fourth-order valence-electron chi connectivity index (χ4n) is 3.07. The number of carbonyl (C=O) groups is 1. The Hall–Kier alpha value is -1.35. The van der Waals surface area contributed by atoms with Crippen LogP contribution in [0.25, 0.3) is 0 Å². The summed E-state index contributed by atoms with van der Waals surface area (Å²) in [6, 6.07) is 9.89. The summed E-state index contributed by atoms with van der Waals surface area (Å²) in [4.78, 5) is 13.5. The van der Waals surface area contributed by atoms with E-state index in [0.29, 0.717) is 11.8 Å². The second kappa shape index (κ2) is 4.15. The highest BCUT2D eigenvalue weighted by Gasteiger charge is 2.51. The summed E-state index contributed by atoms with van der Waals surface area (Å²) in [6.45, 7) is 1.69. The van der Waals surface area contributed by atoms with Crippen LogP contribution in [0.5, 0.6) is 0 Å². The van der Waals surface area contributed by atoms with Gasteiger partial charge in [-0.2, -0.15) is 0 Å². The minimum Gasteiger partial charge on any atom is -0.480 e. The fourth-order valence-corrected chi connectivity index (χ4v) is 3.07. The number of hydrogen-bond acceptors (Lipinski definition) is 2. The highest BCUT2D eigenvalue weighted by atomic mass is 16.4. The van der Waals surface area contributed by atoms with E-state index in [0.717, 1.165) is 19.5 Å². The van der Waals surface area contributed by atoms with Crippen molar-refractivity contribution < 1.29 is 9.90 Å². The molecule has 1 aromatic carbocycles. The molecule has 3 rings (SSSR count). The average molecular weight is 231 g/mol. The quantitative estimate of drug-likeness (QED) is 0.864. The zero-order valence-corrected chi connectivity index (χ0v) is 9.75. The number of rotatable bonds is 3. The molecule has 0 amide bonds. The molecule has 90 valence electrons. The molecule has 3 heteroatoms. The Morgan fingerprint density at radius 1 is 1.35 bits per heavy atom. The Morgan fingerprint density at radius 3 is 2.82 bits per heavy atom. The third-order valence-electron chi connectivity index (χ3n) is 4.04. The van der Waals surface area contributed by atoms with Crippen molar-refractivity contribution in [1.82, 2.24) is 4.90 Å². The lowest BCUT2D eigenvalue weighted by molar-refractivity contribution is -0.145. The van der Waals surface area contributed by atoms with Crippen LogP contribution in [-0.2, 0) is 11.3 Å². The van der Waals surface area contributed by atoms with E-state index in [1.165, 1.54) is 12.0 Å². The highest BCUT2D eigenvalue weighted by Crippen LogP contribution is 2.49. The number of likely N-dealkylation sites (tertiary alicyclic amines) is 1. The maximum absolute atomic E-state index is 11.4. The SMILES string of the molecule is O=C(O)C1C2CC2CCN1Cc1ccccc1. The molecule has 1 heterocycles. The van der Waals surface area contributed by atoms with Crippen LogP contribution in [0.2, 0.25) is 0 Å². The Morgan fingerprint density at radius 2 is 2.12 bits per heavy atom. The molecule has 1 saturated heterocycles. The van der Waals surface area contributed by atoms with E-state index in [1.54, 1.807) is 0 Å². The zero-order chi connectivity index (χ0) is 11.8. The van der Waals surface area contributed by atoms with Crippen molar-refractivity contribution >= 4 is 5.97 Å². The first-order valence-corrected chi connectivity index (χ1v) is 6.26. The smallest absolute Gasteiger partial charge is 0.321 e. The molecule has 3 nitrogen and oxygen atoms in total. The molecular weight excluding hydrogens is 214 g/mol. The van der Waals surface area contributed by atoms with Gasteiger partial charge in [0, 0.05) is 6.54 Å². The fraction of sp³-hybridized carbons (Fsp3) is 0.500. The Kier molecular flexibility index (Phi) is 2.63. The van der Waals surface area contributed by atoms with E-state index < -0.39 is 5.97 Å². The molecule has 0 aromatic heterocycles. The second-order valence-corrected chi connectivity index (χ2v) is 5.19. The maximum Gasteiger partial charge on any atom is 0.321 e. The summed E-state index contributed by atoms with van der Waals surface area (Å²) in [5, 5.41) is 9.34. The minimum absolute atomic E-state index is 0.256. The number of carboxylic acid groups (broad SMARTS) is 1. The van der Waals surface area contributed by atoms with Gasteiger partial charge in [-0.15, -0.1) is 0 Å². The third-order valence-corrected chi connectivity index (χ3v) is 4.04. The van der Waals surface area contributed by atoms with Gasteiger partial charge in [-0.05, 0) is 36.8 Å². The van der Waals surface area contributed by atoms with Gasteiger partial charge in [-0.3, -0.25) is 9.69 Å². The Balaban J connectivity index is 1.75. The van der Waals surface area contributed by atoms with Gasteiger partial charge in [0.15, 0.2) is 0 Å². The van der Waals surface area contributed by atoms with Crippen molar-refractivity contribution in [3.63, 3.8) is 0 Å². The molecule has 3 atom stereocenters. The lowest BCUT2D eigenvalue weighted by Gasteiger charge is -2.32. The average Bonchev–Trinajstić information content (AvgIpc) is 3.08. The van der Waals surface area contributed by atoms with Crippen LogP contribution in [0.3, 0.4) is 0 Å². The predicted octanol–water partition coefficient (Wildman–Crippen LogP) is 1.98. The standard InChI is InChI=1S/C14H17NO2/c16-14(17)13-12-8-11(12)6-7-15(13)9-10-4-2-1-3-5-10/h1-5,11-13H,6-9H2,(H,16,17). The van der Waals surface area contributed by atoms with Crippen LogP contribution in [-0.4, -0.2) is 28.6 Å². The normalized spacial score (nSPS) is 31.9. The zero-order valence-electron chi connectivity index (χ0n) is 9.75. The van der Waals surface area contributed by atoms with Crippen molar-refractivity contribution in [2.45, 2.75) is 25.4 Å². The van der Waals surface area contributed by atoms with Crippen molar-refractivity contribution in [2.75, 3.05) is 6.54 Å². The van der Waals surface area contributed by atoms with E-state index in [2.05, 4.69) is 17.0 Å².